The molecule has 114 valence electrons. The molecule has 3 aromatic rings. The van der Waals surface area contributed by atoms with Crippen molar-refractivity contribution in [1.29, 1.82) is 0 Å². The largest absolute Gasteiger partial charge is 0.312 e. The zero-order valence-electron chi connectivity index (χ0n) is 12.8. The Hall–Kier alpha value is -2.05. The molecule has 0 unspecified atom stereocenters. The summed E-state index contributed by atoms with van der Waals surface area (Å²) in [4.78, 5) is 8.54. The highest BCUT2D eigenvalue weighted by atomic mass is 32.1. The summed E-state index contributed by atoms with van der Waals surface area (Å²) in [6.45, 7) is 3.75. The van der Waals surface area contributed by atoms with Gasteiger partial charge in [0, 0.05) is 61.7 Å². The van der Waals surface area contributed by atoms with E-state index >= 15 is 0 Å². The maximum atomic E-state index is 4.56. The van der Waals surface area contributed by atoms with Gasteiger partial charge in [0.15, 0.2) is 0 Å². The van der Waals surface area contributed by atoms with Crippen molar-refractivity contribution in [2.45, 2.75) is 19.9 Å². The molecule has 0 saturated carbocycles. The first-order valence-corrected chi connectivity index (χ1v) is 8.15. The summed E-state index contributed by atoms with van der Waals surface area (Å²) in [5.41, 5.74) is 4.48. The number of nitrogens with one attached hydrogen (secondary N) is 1. The summed E-state index contributed by atoms with van der Waals surface area (Å²) in [6.07, 6.45) is 6.61. The molecule has 0 aliphatic heterocycles. The van der Waals surface area contributed by atoms with Crippen LogP contribution in [0.1, 0.15) is 16.3 Å². The highest BCUT2D eigenvalue weighted by Gasteiger charge is 2.09. The Balaban J connectivity index is 1.61. The van der Waals surface area contributed by atoms with E-state index in [0.717, 1.165) is 41.5 Å². The van der Waals surface area contributed by atoms with E-state index in [4.69, 9.17) is 0 Å². The molecule has 0 atom stereocenters. The van der Waals surface area contributed by atoms with Crippen LogP contribution in [-0.4, -0.2) is 26.3 Å². The van der Waals surface area contributed by atoms with Gasteiger partial charge in [-0.15, -0.1) is 11.3 Å². The second kappa shape index (κ2) is 6.81. The van der Waals surface area contributed by atoms with Crippen LogP contribution in [0.2, 0.25) is 0 Å². The predicted octanol–water partition coefficient (Wildman–Crippen LogP) is 2.58. The maximum Gasteiger partial charge on any atom is 0.0969 e. The molecule has 0 aliphatic rings. The third kappa shape index (κ3) is 3.58. The molecule has 0 saturated heterocycles. The van der Waals surface area contributed by atoms with E-state index in [1.165, 1.54) is 5.56 Å². The van der Waals surface area contributed by atoms with Crippen molar-refractivity contribution in [1.82, 2.24) is 25.1 Å². The first kappa shape index (κ1) is 14.9. The van der Waals surface area contributed by atoms with E-state index in [0.29, 0.717) is 0 Å². The van der Waals surface area contributed by atoms with Crippen LogP contribution in [0.4, 0.5) is 0 Å². The summed E-state index contributed by atoms with van der Waals surface area (Å²) in [6, 6.07) is 3.98. The smallest absolute Gasteiger partial charge is 0.0969 e. The minimum atomic E-state index is 0.800. The molecule has 3 heterocycles. The third-order valence-electron chi connectivity index (χ3n) is 3.40. The molecule has 0 bridgehead atoms. The zero-order valence-corrected chi connectivity index (χ0v) is 13.6. The lowest BCUT2D eigenvalue weighted by Crippen LogP contribution is -2.17. The molecular weight excluding hydrogens is 294 g/mol. The number of hydrogen-bond acceptors (Lipinski definition) is 5. The quantitative estimate of drug-likeness (QED) is 0.711. The molecule has 6 heteroatoms. The number of rotatable bonds is 6. The Kier molecular flexibility index (Phi) is 4.60. The van der Waals surface area contributed by atoms with Crippen LogP contribution in [0.15, 0.2) is 36.1 Å². The van der Waals surface area contributed by atoms with Crippen molar-refractivity contribution in [3.05, 3.63) is 52.4 Å². The van der Waals surface area contributed by atoms with Crippen molar-refractivity contribution < 1.29 is 0 Å². The molecule has 22 heavy (non-hydrogen) atoms. The predicted molar refractivity (Wildman–Crippen MR) is 88.7 cm³/mol. The SMILES string of the molecule is Cc1nc(CCNCc2cn(C)nc2-c2ccncc2)cs1. The van der Waals surface area contributed by atoms with Gasteiger partial charge in [-0.05, 0) is 19.1 Å². The van der Waals surface area contributed by atoms with Gasteiger partial charge in [0.1, 0.15) is 0 Å². The summed E-state index contributed by atoms with van der Waals surface area (Å²) < 4.78 is 1.86. The van der Waals surface area contributed by atoms with Crippen LogP contribution < -0.4 is 5.32 Å². The molecule has 0 aliphatic carbocycles. The molecule has 0 spiro atoms. The lowest BCUT2D eigenvalue weighted by molar-refractivity contribution is 0.680. The topological polar surface area (TPSA) is 55.6 Å². The van der Waals surface area contributed by atoms with Crippen LogP contribution in [0, 0.1) is 6.92 Å². The molecule has 1 N–H and O–H groups in total. The second-order valence-electron chi connectivity index (χ2n) is 5.20. The molecular formula is C16H19N5S. The fraction of sp³-hybridized carbons (Fsp3) is 0.312. The Labute approximate surface area is 134 Å². The number of thiazole rings is 1. The molecule has 0 radical (unpaired) electrons. The average molecular weight is 313 g/mol. The minimum absolute atomic E-state index is 0.800. The standard InChI is InChI=1S/C16H19N5S/c1-12-19-15(11-22-12)5-8-18-9-14-10-21(2)20-16(14)13-3-6-17-7-4-13/h3-4,6-7,10-11,18H,5,8-9H2,1-2H3. The highest BCUT2D eigenvalue weighted by molar-refractivity contribution is 7.09. The van der Waals surface area contributed by atoms with Gasteiger partial charge in [0.25, 0.3) is 0 Å². The number of pyridine rings is 1. The van der Waals surface area contributed by atoms with E-state index in [9.17, 15) is 0 Å². The van der Waals surface area contributed by atoms with Crippen molar-refractivity contribution in [2.24, 2.45) is 7.05 Å². The van der Waals surface area contributed by atoms with E-state index in [1.807, 2.05) is 30.8 Å². The van der Waals surface area contributed by atoms with Crippen molar-refractivity contribution in [3.8, 4) is 11.3 Å². The molecule has 0 amide bonds. The van der Waals surface area contributed by atoms with Gasteiger partial charge >= 0.3 is 0 Å². The maximum absolute atomic E-state index is 4.56. The third-order valence-corrected chi connectivity index (χ3v) is 4.22. The molecule has 5 nitrogen and oxygen atoms in total. The molecule has 0 fully saturated rings. The van der Waals surface area contributed by atoms with E-state index in [-0.39, 0.29) is 0 Å². The molecule has 3 rings (SSSR count). The minimum Gasteiger partial charge on any atom is -0.312 e. The fourth-order valence-corrected chi connectivity index (χ4v) is 3.03. The van der Waals surface area contributed by atoms with Gasteiger partial charge in [0.05, 0.1) is 16.4 Å². The Morgan fingerprint density at radius 2 is 2.09 bits per heavy atom. The first-order chi connectivity index (χ1) is 10.7. The monoisotopic (exact) mass is 313 g/mol. The summed E-state index contributed by atoms with van der Waals surface area (Å²) in [5, 5.41) is 11.3. The number of aryl methyl sites for hydroxylation is 2. The lowest BCUT2D eigenvalue weighted by Gasteiger charge is -2.04. The molecule has 3 aromatic heterocycles. The Morgan fingerprint density at radius 3 is 2.82 bits per heavy atom. The van der Waals surface area contributed by atoms with Crippen molar-refractivity contribution in [2.75, 3.05) is 6.54 Å². The summed E-state index contributed by atoms with van der Waals surface area (Å²) in [5.74, 6) is 0. The Morgan fingerprint density at radius 1 is 1.27 bits per heavy atom. The first-order valence-electron chi connectivity index (χ1n) is 7.27. The zero-order chi connectivity index (χ0) is 15.4. The van der Waals surface area contributed by atoms with Gasteiger partial charge in [0.2, 0.25) is 0 Å². The average Bonchev–Trinajstić information content (AvgIpc) is 3.10. The van der Waals surface area contributed by atoms with E-state index < -0.39 is 0 Å². The number of aromatic nitrogens is 4. The summed E-state index contributed by atoms with van der Waals surface area (Å²) >= 11 is 1.70. The number of nitrogens with zero attached hydrogens (tertiary/aromatic N) is 4. The van der Waals surface area contributed by atoms with Crippen molar-refractivity contribution >= 4 is 11.3 Å². The van der Waals surface area contributed by atoms with Gasteiger partial charge in [-0.3, -0.25) is 9.67 Å². The van der Waals surface area contributed by atoms with Crippen LogP contribution in [0.25, 0.3) is 11.3 Å². The van der Waals surface area contributed by atoms with Gasteiger partial charge in [-0.25, -0.2) is 4.98 Å². The van der Waals surface area contributed by atoms with Crippen molar-refractivity contribution in [3.63, 3.8) is 0 Å². The van der Waals surface area contributed by atoms with E-state index in [2.05, 4.69) is 32.0 Å². The number of hydrogen-bond donors (Lipinski definition) is 1. The van der Waals surface area contributed by atoms with Gasteiger partial charge in [-0.2, -0.15) is 5.10 Å². The summed E-state index contributed by atoms with van der Waals surface area (Å²) in [7, 11) is 1.95. The van der Waals surface area contributed by atoms with E-state index in [1.54, 1.807) is 23.7 Å². The molecule has 0 aromatic carbocycles. The van der Waals surface area contributed by atoms with Crippen LogP contribution in [-0.2, 0) is 20.0 Å². The Bertz CT molecular complexity index is 732. The highest BCUT2D eigenvalue weighted by Crippen LogP contribution is 2.20. The van der Waals surface area contributed by atoms with Crippen LogP contribution >= 0.6 is 11.3 Å². The van der Waals surface area contributed by atoms with Crippen LogP contribution in [0.3, 0.4) is 0 Å². The normalized spacial score (nSPS) is 11.0. The van der Waals surface area contributed by atoms with Gasteiger partial charge < -0.3 is 5.32 Å². The fourth-order valence-electron chi connectivity index (χ4n) is 2.38. The lowest BCUT2D eigenvalue weighted by atomic mass is 10.1. The second-order valence-corrected chi connectivity index (χ2v) is 6.26. The van der Waals surface area contributed by atoms with Gasteiger partial charge in [-0.1, -0.05) is 0 Å². The van der Waals surface area contributed by atoms with Crippen LogP contribution in [0.5, 0.6) is 0 Å².